The Bertz CT molecular complexity index is 912. The van der Waals surface area contributed by atoms with Crippen LogP contribution in [0.2, 0.25) is 0 Å². The molecular weight excluding hydrogens is 316 g/mol. The van der Waals surface area contributed by atoms with Crippen molar-refractivity contribution in [2.45, 2.75) is 19.3 Å². The summed E-state index contributed by atoms with van der Waals surface area (Å²) in [7, 11) is 0. The summed E-state index contributed by atoms with van der Waals surface area (Å²) in [5.74, 6) is 0.0810. The molecule has 118 valence electrons. The van der Waals surface area contributed by atoms with Crippen molar-refractivity contribution in [1.29, 1.82) is 0 Å². The van der Waals surface area contributed by atoms with Crippen molar-refractivity contribution >= 4 is 27.2 Å². The first-order chi connectivity index (χ1) is 11.0. The highest BCUT2D eigenvalue weighted by Gasteiger charge is 2.10. The summed E-state index contributed by atoms with van der Waals surface area (Å²) in [6.07, 6.45) is 2.41. The number of hydrogen-bond acceptors (Lipinski definition) is 5. The standard InChI is InChI=1S/C16H14N2O4S/c19-13-9-6-11(15-14(13)17-16(20)23-15)3-1-2-10-4-7-12(8-5-10)18(21)22/h4-9,19H,1-3H2,(H,17,20). The second-order valence-corrected chi connectivity index (χ2v) is 6.22. The number of nitrogens with zero attached hydrogens (tertiary/aromatic N) is 1. The number of phenols is 1. The van der Waals surface area contributed by atoms with Crippen molar-refractivity contribution in [2.24, 2.45) is 0 Å². The number of aromatic nitrogens is 1. The molecule has 2 aromatic carbocycles. The minimum atomic E-state index is -0.412. The molecule has 1 heterocycles. The topological polar surface area (TPSA) is 96.2 Å². The van der Waals surface area contributed by atoms with Crippen LogP contribution >= 0.6 is 11.3 Å². The van der Waals surface area contributed by atoms with E-state index in [2.05, 4.69) is 4.98 Å². The molecule has 0 radical (unpaired) electrons. The summed E-state index contributed by atoms with van der Waals surface area (Å²) >= 11 is 1.10. The highest BCUT2D eigenvalue weighted by atomic mass is 32.1. The molecule has 3 rings (SSSR count). The molecule has 0 aliphatic heterocycles. The van der Waals surface area contributed by atoms with Crippen LogP contribution in [0, 0.1) is 10.1 Å². The van der Waals surface area contributed by atoms with Crippen LogP contribution in [0.15, 0.2) is 41.2 Å². The van der Waals surface area contributed by atoms with E-state index in [1.807, 2.05) is 6.07 Å². The van der Waals surface area contributed by atoms with Gasteiger partial charge in [-0.1, -0.05) is 29.5 Å². The molecule has 3 aromatic rings. The van der Waals surface area contributed by atoms with Crippen LogP contribution in [0.25, 0.3) is 10.2 Å². The van der Waals surface area contributed by atoms with Gasteiger partial charge in [0.15, 0.2) is 0 Å². The van der Waals surface area contributed by atoms with Crippen LogP contribution in [0.4, 0.5) is 5.69 Å². The normalized spacial score (nSPS) is 11.0. The van der Waals surface area contributed by atoms with Gasteiger partial charge in [0.1, 0.15) is 11.3 Å². The molecule has 0 saturated carbocycles. The second kappa shape index (κ2) is 6.21. The number of aromatic amines is 1. The van der Waals surface area contributed by atoms with Gasteiger partial charge in [-0.2, -0.15) is 0 Å². The third-order valence-electron chi connectivity index (χ3n) is 3.70. The average molecular weight is 330 g/mol. The van der Waals surface area contributed by atoms with Gasteiger partial charge in [-0.25, -0.2) is 0 Å². The van der Waals surface area contributed by atoms with Crippen LogP contribution in [-0.4, -0.2) is 15.0 Å². The quantitative estimate of drug-likeness (QED) is 0.553. The van der Waals surface area contributed by atoms with Crippen molar-refractivity contribution in [1.82, 2.24) is 4.98 Å². The van der Waals surface area contributed by atoms with E-state index < -0.39 is 4.92 Å². The highest BCUT2D eigenvalue weighted by Crippen LogP contribution is 2.28. The number of nitro benzene ring substituents is 1. The Morgan fingerprint density at radius 2 is 1.87 bits per heavy atom. The Morgan fingerprint density at radius 3 is 2.57 bits per heavy atom. The molecule has 2 N–H and O–H groups in total. The second-order valence-electron chi connectivity index (χ2n) is 5.24. The number of phenolic OH excluding ortho intramolecular Hbond substituents is 1. The predicted molar refractivity (Wildman–Crippen MR) is 89.2 cm³/mol. The number of benzene rings is 2. The van der Waals surface area contributed by atoms with Gasteiger partial charge in [0, 0.05) is 12.1 Å². The highest BCUT2D eigenvalue weighted by molar-refractivity contribution is 7.16. The zero-order valence-electron chi connectivity index (χ0n) is 12.1. The third kappa shape index (κ3) is 3.24. The lowest BCUT2D eigenvalue weighted by Crippen LogP contribution is -1.92. The Kier molecular flexibility index (Phi) is 4.12. The number of rotatable bonds is 5. The number of aryl methyl sites for hydroxylation is 2. The van der Waals surface area contributed by atoms with Crippen LogP contribution in [-0.2, 0) is 12.8 Å². The van der Waals surface area contributed by atoms with Crippen LogP contribution in [0.1, 0.15) is 17.5 Å². The largest absolute Gasteiger partial charge is 0.506 e. The van der Waals surface area contributed by atoms with Gasteiger partial charge in [-0.15, -0.1) is 0 Å². The number of hydrogen-bond donors (Lipinski definition) is 2. The lowest BCUT2D eigenvalue weighted by atomic mass is 10.0. The van der Waals surface area contributed by atoms with E-state index in [9.17, 15) is 20.0 Å². The van der Waals surface area contributed by atoms with E-state index in [0.29, 0.717) is 5.52 Å². The maximum absolute atomic E-state index is 11.5. The number of aromatic hydroxyl groups is 1. The fraction of sp³-hybridized carbons (Fsp3) is 0.188. The number of non-ortho nitro benzene ring substituents is 1. The van der Waals surface area contributed by atoms with E-state index in [4.69, 9.17) is 0 Å². The summed E-state index contributed by atoms with van der Waals surface area (Å²) in [5, 5.41) is 20.4. The summed E-state index contributed by atoms with van der Waals surface area (Å²) in [6, 6.07) is 9.96. The fourth-order valence-corrected chi connectivity index (χ4v) is 3.43. The van der Waals surface area contributed by atoms with Crippen molar-refractivity contribution < 1.29 is 10.0 Å². The monoisotopic (exact) mass is 330 g/mol. The lowest BCUT2D eigenvalue weighted by molar-refractivity contribution is -0.384. The molecule has 0 aliphatic rings. The molecular formula is C16H14N2O4S. The molecule has 7 heteroatoms. The van der Waals surface area contributed by atoms with Gasteiger partial charge in [0.05, 0.1) is 9.62 Å². The molecule has 23 heavy (non-hydrogen) atoms. The molecule has 1 aromatic heterocycles. The Balaban J connectivity index is 1.70. The number of fused-ring (bicyclic) bond motifs is 1. The number of H-pyrrole nitrogens is 1. The van der Waals surface area contributed by atoms with Gasteiger partial charge in [-0.05, 0) is 36.5 Å². The number of thiazole rings is 1. The first kappa shape index (κ1) is 15.2. The summed E-state index contributed by atoms with van der Waals surface area (Å²) in [4.78, 5) is 24.1. The maximum Gasteiger partial charge on any atom is 0.305 e. The van der Waals surface area contributed by atoms with Crippen molar-refractivity contribution in [3.63, 3.8) is 0 Å². The zero-order chi connectivity index (χ0) is 16.4. The first-order valence-electron chi connectivity index (χ1n) is 7.11. The Morgan fingerprint density at radius 1 is 1.13 bits per heavy atom. The molecule has 0 aliphatic carbocycles. The minimum Gasteiger partial charge on any atom is -0.506 e. The molecule has 0 bridgehead atoms. The van der Waals surface area contributed by atoms with E-state index in [1.54, 1.807) is 18.2 Å². The van der Waals surface area contributed by atoms with Crippen molar-refractivity contribution in [3.8, 4) is 5.75 Å². The van der Waals surface area contributed by atoms with Crippen LogP contribution < -0.4 is 4.87 Å². The van der Waals surface area contributed by atoms with Gasteiger partial charge in [0.2, 0.25) is 0 Å². The molecule has 0 fully saturated rings. The van der Waals surface area contributed by atoms with Crippen LogP contribution in [0.5, 0.6) is 5.75 Å². The molecule has 0 atom stereocenters. The minimum absolute atomic E-state index is 0.0810. The van der Waals surface area contributed by atoms with Gasteiger partial charge < -0.3 is 10.1 Å². The molecule has 0 saturated heterocycles. The number of nitro groups is 1. The maximum atomic E-state index is 11.5. The van der Waals surface area contributed by atoms with E-state index >= 15 is 0 Å². The summed E-state index contributed by atoms with van der Waals surface area (Å²) in [5.41, 5.74) is 2.63. The molecule has 6 nitrogen and oxygen atoms in total. The van der Waals surface area contributed by atoms with E-state index in [-0.39, 0.29) is 16.3 Å². The Hall–Kier alpha value is -2.67. The molecule has 0 spiro atoms. The smallest absolute Gasteiger partial charge is 0.305 e. The van der Waals surface area contributed by atoms with Gasteiger partial charge >= 0.3 is 4.87 Å². The summed E-state index contributed by atoms with van der Waals surface area (Å²) < 4.78 is 0.790. The van der Waals surface area contributed by atoms with Gasteiger partial charge in [0.25, 0.3) is 5.69 Å². The third-order valence-corrected chi connectivity index (χ3v) is 4.66. The first-order valence-corrected chi connectivity index (χ1v) is 7.93. The number of nitrogens with one attached hydrogen (secondary N) is 1. The zero-order valence-corrected chi connectivity index (χ0v) is 12.9. The Labute approximate surface area is 135 Å². The van der Waals surface area contributed by atoms with Crippen molar-refractivity contribution in [2.75, 3.05) is 0 Å². The van der Waals surface area contributed by atoms with Crippen LogP contribution in [0.3, 0.4) is 0 Å². The lowest BCUT2D eigenvalue weighted by Gasteiger charge is -2.04. The predicted octanol–water partition coefficient (Wildman–Crippen LogP) is 3.38. The molecule has 0 unspecified atom stereocenters. The summed E-state index contributed by atoms with van der Waals surface area (Å²) in [6.45, 7) is 0. The molecule has 0 amide bonds. The van der Waals surface area contributed by atoms with Gasteiger partial charge in [-0.3, -0.25) is 14.9 Å². The fourth-order valence-electron chi connectivity index (χ4n) is 2.54. The van der Waals surface area contributed by atoms with E-state index in [0.717, 1.165) is 46.4 Å². The van der Waals surface area contributed by atoms with Crippen molar-refractivity contribution in [3.05, 3.63) is 67.3 Å². The SMILES string of the molecule is O=c1[nH]c2c(O)ccc(CCCc3ccc([N+](=O)[O-])cc3)c2s1. The van der Waals surface area contributed by atoms with E-state index in [1.165, 1.54) is 12.1 Å². The average Bonchev–Trinajstić information content (AvgIpc) is 2.93.